The molecule has 2 aromatic rings. The summed E-state index contributed by atoms with van der Waals surface area (Å²) in [5, 5.41) is 0. The molecule has 0 aliphatic heterocycles. The Kier molecular flexibility index (Phi) is 6.18. The first kappa shape index (κ1) is 17.0. The Morgan fingerprint density at radius 2 is 1.96 bits per heavy atom. The first-order chi connectivity index (χ1) is 11.2. The zero-order valence-electron chi connectivity index (χ0n) is 12.8. The van der Waals surface area contributed by atoms with E-state index in [2.05, 4.69) is 6.58 Å². The van der Waals surface area contributed by atoms with Gasteiger partial charge in [-0.3, -0.25) is 0 Å². The maximum Gasteiger partial charge on any atom is 0.345 e. The molecule has 0 bridgehead atoms. The summed E-state index contributed by atoms with van der Waals surface area (Å²) in [5.74, 6) is -0.793. The molecule has 0 heterocycles. The number of hydrogen-bond donors (Lipinski definition) is 0. The fraction of sp³-hybridized carbons (Fsp3) is 0.105. The normalized spacial score (nSPS) is 11.6. The van der Waals surface area contributed by atoms with Gasteiger partial charge in [-0.25, -0.2) is 9.18 Å². The van der Waals surface area contributed by atoms with Crippen molar-refractivity contribution in [3.63, 3.8) is 0 Å². The van der Waals surface area contributed by atoms with Crippen molar-refractivity contribution >= 4 is 23.3 Å². The average Bonchev–Trinajstić information content (AvgIpc) is 2.56. The summed E-state index contributed by atoms with van der Waals surface area (Å²) in [6.07, 6.45) is 1.62. The van der Waals surface area contributed by atoms with Crippen LogP contribution in [0.1, 0.15) is 12.5 Å². The average molecular weight is 328 g/mol. The second kappa shape index (κ2) is 8.34. The van der Waals surface area contributed by atoms with Gasteiger partial charge in [0.1, 0.15) is 10.7 Å². The quantitative estimate of drug-likeness (QED) is 0.320. The van der Waals surface area contributed by atoms with Gasteiger partial charge in [-0.2, -0.15) is 0 Å². The summed E-state index contributed by atoms with van der Waals surface area (Å²) in [7, 11) is 0. The number of hydrogen-bond acceptors (Lipinski definition) is 3. The molecule has 23 heavy (non-hydrogen) atoms. The van der Waals surface area contributed by atoms with Crippen LogP contribution < -0.4 is 0 Å². The highest BCUT2D eigenvalue weighted by atomic mass is 32.2. The van der Waals surface area contributed by atoms with Crippen molar-refractivity contribution in [2.75, 3.05) is 6.61 Å². The Balaban J connectivity index is 2.49. The molecule has 0 saturated carbocycles. The molecule has 0 aromatic heterocycles. The molecule has 0 saturated heterocycles. The number of benzene rings is 2. The van der Waals surface area contributed by atoms with Crippen molar-refractivity contribution < 1.29 is 13.9 Å². The van der Waals surface area contributed by atoms with Crippen LogP contribution in [-0.2, 0) is 9.53 Å². The number of thioether (sulfide) groups is 1. The van der Waals surface area contributed by atoms with Gasteiger partial charge in [0.15, 0.2) is 0 Å². The predicted octanol–water partition coefficient (Wildman–Crippen LogP) is 5.08. The second-order valence-corrected chi connectivity index (χ2v) is 5.68. The van der Waals surface area contributed by atoms with E-state index in [0.29, 0.717) is 15.4 Å². The van der Waals surface area contributed by atoms with Crippen LogP contribution in [0, 0.1) is 5.82 Å². The van der Waals surface area contributed by atoms with Gasteiger partial charge in [0.25, 0.3) is 0 Å². The molecule has 0 spiro atoms. The van der Waals surface area contributed by atoms with Crippen molar-refractivity contribution in [2.24, 2.45) is 0 Å². The molecular weight excluding hydrogens is 311 g/mol. The van der Waals surface area contributed by atoms with E-state index in [1.807, 2.05) is 30.3 Å². The molecule has 0 aliphatic rings. The minimum atomic E-state index is -0.444. The molecular formula is C19H17FO2S. The Morgan fingerprint density at radius 3 is 2.57 bits per heavy atom. The van der Waals surface area contributed by atoms with Crippen LogP contribution in [0.2, 0.25) is 0 Å². The standard InChI is InChI=1S/C19H17FO2S/c1-3-17(14-9-6-5-7-10-14)18(19(21)22-4-2)23-16-12-8-11-15(20)13-16/h3,5-13H,1,4H2,2H3/b18-17-. The van der Waals surface area contributed by atoms with E-state index >= 15 is 0 Å². The molecule has 4 heteroatoms. The fourth-order valence-corrected chi connectivity index (χ4v) is 3.02. The lowest BCUT2D eigenvalue weighted by Crippen LogP contribution is -2.07. The SMILES string of the molecule is C=C/C(=C(/Sc1cccc(F)c1)C(=O)OCC)c1ccccc1. The van der Waals surface area contributed by atoms with Gasteiger partial charge in [0.05, 0.1) is 6.61 Å². The lowest BCUT2D eigenvalue weighted by Gasteiger charge is -2.12. The largest absolute Gasteiger partial charge is 0.462 e. The third-order valence-electron chi connectivity index (χ3n) is 3.01. The number of carbonyl (C=O) groups is 1. The third kappa shape index (κ3) is 4.57. The Hall–Kier alpha value is -2.33. The van der Waals surface area contributed by atoms with Gasteiger partial charge in [-0.05, 0) is 30.7 Å². The molecule has 2 rings (SSSR count). The molecule has 0 unspecified atom stereocenters. The number of rotatable bonds is 6. The Morgan fingerprint density at radius 1 is 1.22 bits per heavy atom. The molecule has 0 N–H and O–H groups in total. The van der Waals surface area contributed by atoms with Gasteiger partial charge in [-0.15, -0.1) is 0 Å². The third-order valence-corrected chi connectivity index (χ3v) is 4.09. The number of allylic oxidation sites excluding steroid dienone is 2. The first-order valence-electron chi connectivity index (χ1n) is 7.18. The number of esters is 1. The molecule has 0 fully saturated rings. The van der Waals surface area contributed by atoms with Gasteiger partial charge in [-0.1, -0.05) is 60.8 Å². The minimum absolute atomic E-state index is 0.269. The lowest BCUT2D eigenvalue weighted by molar-refractivity contribution is -0.137. The van der Waals surface area contributed by atoms with E-state index in [0.717, 1.165) is 5.56 Å². The second-order valence-electron chi connectivity index (χ2n) is 4.59. The summed E-state index contributed by atoms with van der Waals surface area (Å²) < 4.78 is 18.6. The van der Waals surface area contributed by atoms with Crippen molar-refractivity contribution in [3.05, 3.63) is 83.5 Å². The summed E-state index contributed by atoms with van der Waals surface area (Å²) in [6.45, 7) is 5.82. The van der Waals surface area contributed by atoms with Crippen molar-refractivity contribution in [2.45, 2.75) is 11.8 Å². The maximum absolute atomic E-state index is 13.4. The van der Waals surface area contributed by atoms with E-state index in [9.17, 15) is 9.18 Å². The van der Waals surface area contributed by atoms with Crippen LogP contribution in [0.25, 0.3) is 5.57 Å². The lowest BCUT2D eigenvalue weighted by atomic mass is 10.1. The van der Waals surface area contributed by atoms with Gasteiger partial charge in [0, 0.05) is 10.5 Å². The van der Waals surface area contributed by atoms with E-state index in [1.54, 1.807) is 25.1 Å². The van der Waals surface area contributed by atoms with Gasteiger partial charge in [0.2, 0.25) is 0 Å². The number of carbonyl (C=O) groups excluding carboxylic acids is 1. The van der Waals surface area contributed by atoms with Crippen LogP contribution in [0.15, 0.2) is 77.1 Å². The van der Waals surface area contributed by atoms with Crippen LogP contribution in [0.4, 0.5) is 4.39 Å². The predicted molar refractivity (Wildman–Crippen MR) is 92.4 cm³/mol. The Labute approximate surface area is 139 Å². The molecule has 0 atom stereocenters. The van der Waals surface area contributed by atoms with E-state index in [1.165, 1.54) is 23.9 Å². The smallest absolute Gasteiger partial charge is 0.345 e. The highest BCUT2D eigenvalue weighted by molar-refractivity contribution is 8.04. The number of ether oxygens (including phenoxy) is 1. The van der Waals surface area contributed by atoms with Crippen LogP contribution in [0.3, 0.4) is 0 Å². The molecule has 2 nitrogen and oxygen atoms in total. The van der Waals surface area contributed by atoms with Gasteiger partial charge < -0.3 is 4.74 Å². The van der Waals surface area contributed by atoms with E-state index < -0.39 is 5.97 Å². The van der Waals surface area contributed by atoms with Crippen LogP contribution in [0.5, 0.6) is 0 Å². The summed E-state index contributed by atoms with van der Waals surface area (Å²) in [4.78, 5) is 13.4. The van der Waals surface area contributed by atoms with Crippen molar-refractivity contribution in [1.29, 1.82) is 0 Å². The molecule has 118 valence electrons. The highest BCUT2D eigenvalue weighted by Gasteiger charge is 2.18. The van der Waals surface area contributed by atoms with Crippen LogP contribution >= 0.6 is 11.8 Å². The highest BCUT2D eigenvalue weighted by Crippen LogP contribution is 2.34. The zero-order chi connectivity index (χ0) is 16.7. The van der Waals surface area contributed by atoms with E-state index in [-0.39, 0.29) is 12.4 Å². The molecule has 2 aromatic carbocycles. The first-order valence-corrected chi connectivity index (χ1v) is 8.00. The summed E-state index contributed by atoms with van der Waals surface area (Å²) in [5.41, 5.74) is 1.52. The molecule has 0 amide bonds. The molecule has 0 radical (unpaired) electrons. The van der Waals surface area contributed by atoms with Crippen molar-refractivity contribution in [3.8, 4) is 0 Å². The topological polar surface area (TPSA) is 26.3 Å². The van der Waals surface area contributed by atoms with E-state index in [4.69, 9.17) is 4.74 Å². The minimum Gasteiger partial charge on any atom is -0.462 e. The summed E-state index contributed by atoms with van der Waals surface area (Å²) in [6, 6.07) is 15.6. The molecule has 0 aliphatic carbocycles. The van der Waals surface area contributed by atoms with Crippen LogP contribution in [-0.4, -0.2) is 12.6 Å². The zero-order valence-corrected chi connectivity index (χ0v) is 13.6. The monoisotopic (exact) mass is 328 g/mol. The number of halogens is 1. The maximum atomic E-state index is 13.4. The Bertz CT molecular complexity index is 723. The summed E-state index contributed by atoms with van der Waals surface area (Å²) >= 11 is 1.17. The van der Waals surface area contributed by atoms with Crippen molar-refractivity contribution in [1.82, 2.24) is 0 Å². The fourth-order valence-electron chi connectivity index (χ4n) is 2.01. The van der Waals surface area contributed by atoms with Gasteiger partial charge >= 0.3 is 5.97 Å².